The highest BCUT2D eigenvalue weighted by Crippen LogP contribution is 2.27. The zero-order valence-electron chi connectivity index (χ0n) is 10.5. The van der Waals surface area contributed by atoms with E-state index in [4.69, 9.17) is 0 Å². The molecule has 1 aromatic carbocycles. The van der Waals surface area contributed by atoms with Crippen molar-refractivity contribution in [1.29, 1.82) is 0 Å². The van der Waals surface area contributed by atoms with Crippen molar-refractivity contribution in [2.75, 3.05) is 17.3 Å². The van der Waals surface area contributed by atoms with Gasteiger partial charge >= 0.3 is 0 Å². The predicted octanol–water partition coefficient (Wildman–Crippen LogP) is 3.41. The largest absolute Gasteiger partial charge is 0.323 e. The molecule has 1 amide bonds. The first-order valence-electron chi connectivity index (χ1n) is 5.45. The van der Waals surface area contributed by atoms with Crippen LogP contribution in [0.15, 0.2) is 20.8 Å². The quantitative estimate of drug-likeness (QED) is 0.661. The number of hydrogen-bond donors (Lipinski definition) is 1. The SMILES string of the molecule is CSc1nnc(SCC(=O)Nc2ccc(F)c(F)c2F)s1. The Morgan fingerprint density at radius 1 is 1.24 bits per heavy atom. The first-order valence-corrected chi connectivity index (χ1v) is 8.47. The smallest absolute Gasteiger partial charge is 0.234 e. The van der Waals surface area contributed by atoms with E-state index in [9.17, 15) is 18.0 Å². The Morgan fingerprint density at radius 2 is 1.95 bits per heavy atom. The van der Waals surface area contributed by atoms with E-state index in [0.29, 0.717) is 4.34 Å². The van der Waals surface area contributed by atoms with Gasteiger partial charge < -0.3 is 5.32 Å². The van der Waals surface area contributed by atoms with Crippen LogP contribution in [0.2, 0.25) is 0 Å². The maximum absolute atomic E-state index is 13.4. The Morgan fingerprint density at radius 3 is 2.62 bits per heavy atom. The van der Waals surface area contributed by atoms with E-state index in [-0.39, 0.29) is 5.75 Å². The lowest BCUT2D eigenvalue weighted by molar-refractivity contribution is -0.113. The van der Waals surface area contributed by atoms with Gasteiger partial charge in [-0.2, -0.15) is 0 Å². The zero-order chi connectivity index (χ0) is 15.4. The Bertz CT molecular complexity index is 665. The second-order valence-corrected chi connectivity index (χ2v) is 6.85. The van der Waals surface area contributed by atoms with Crippen molar-refractivity contribution >= 4 is 46.5 Å². The molecule has 0 saturated heterocycles. The summed E-state index contributed by atoms with van der Waals surface area (Å²) in [6.45, 7) is 0. The van der Waals surface area contributed by atoms with Gasteiger partial charge in [-0.05, 0) is 18.4 Å². The number of carbonyl (C=O) groups excluding carboxylic acids is 1. The highest BCUT2D eigenvalue weighted by Gasteiger charge is 2.15. The summed E-state index contributed by atoms with van der Waals surface area (Å²) in [5, 5.41) is 9.90. The number of aromatic nitrogens is 2. The molecule has 0 aliphatic carbocycles. The molecule has 1 heterocycles. The predicted molar refractivity (Wildman–Crippen MR) is 77.4 cm³/mol. The third-order valence-corrected chi connectivity index (χ3v) is 5.23. The molecule has 2 aromatic rings. The molecule has 21 heavy (non-hydrogen) atoms. The van der Waals surface area contributed by atoms with E-state index >= 15 is 0 Å². The maximum atomic E-state index is 13.4. The summed E-state index contributed by atoms with van der Waals surface area (Å²) in [6.07, 6.45) is 1.85. The molecule has 0 atom stereocenters. The van der Waals surface area contributed by atoms with Crippen LogP contribution >= 0.6 is 34.9 Å². The van der Waals surface area contributed by atoms with Gasteiger partial charge in [0.1, 0.15) is 0 Å². The minimum Gasteiger partial charge on any atom is -0.323 e. The minimum absolute atomic E-state index is 0.0402. The van der Waals surface area contributed by atoms with E-state index in [1.807, 2.05) is 6.26 Å². The van der Waals surface area contributed by atoms with Crippen molar-refractivity contribution in [3.63, 3.8) is 0 Å². The van der Waals surface area contributed by atoms with Gasteiger partial charge in [-0.3, -0.25) is 4.79 Å². The number of benzene rings is 1. The van der Waals surface area contributed by atoms with Gasteiger partial charge in [0.05, 0.1) is 11.4 Å². The van der Waals surface area contributed by atoms with Crippen LogP contribution in [0.25, 0.3) is 0 Å². The van der Waals surface area contributed by atoms with Crippen LogP contribution in [0, 0.1) is 17.5 Å². The fraction of sp³-hybridized carbons (Fsp3) is 0.182. The number of nitrogens with zero attached hydrogens (tertiary/aromatic N) is 2. The molecule has 10 heteroatoms. The van der Waals surface area contributed by atoms with Crippen LogP contribution in [-0.4, -0.2) is 28.1 Å². The molecule has 0 saturated carbocycles. The van der Waals surface area contributed by atoms with Gasteiger partial charge in [-0.25, -0.2) is 13.2 Å². The average Bonchev–Trinajstić information content (AvgIpc) is 2.94. The highest BCUT2D eigenvalue weighted by molar-refractivity contribution is 8.03. The fourth-order valence-corrected chi connectivity index (χ4v) is 3.51. The van der Waals surface area contributed by atoms with E-state index in [0.717, 1.165) is 28.2 Å². The average molecular weight is 351 g/mol. The molecule has 0 fully saturated rings. The molecular formula is C11H8F3N3OS3. The molecule has 112 valence electrons. The van der Waals surface area contributed by atoms with Crippen LogP contribution in [0.3, 0.4) is 0 Å². The number of rotatable bonds is 5. The number of hydrogen-bond acceptors (Lipinski definition) is 6. The van der Waals surface area contributed by atoms with Crippen LogP contribution in [0.4, 0.5) is 18.9 Å². The van der Waals surface area contributed by atoms with Gasteiger partial charge in [-0.15, -0.1) is 10.2 Å². The van der Waals surface area contributed by atoms with Crippen molar-refractivity contribution in [3.8, 4) is 0 Å². The minimum atomic E-state index is -1.62. The summed E-state index contributed by atoms with van der Waals surface area (Å²) in [5.74, 6) is -4.94. The molecule has 0 aliphatic rings. The molecule has 0 radical (unpaired) electrons. The second kappa shape index (κ2) is 7.14. The van der Waals surface area contributed by atoms with Gasteiger partial charge in [0.25, 0.3) is 0 Å². The topological polar surface area (TPSA) is 54.9 Å². The number of carbonyl (C=O) groups is 1. The van der Waals surface area contributed by atoms with Crippen molar-refractivity contribution < 1.29 is 18.0 Å². The number of halogens is 3. The Hall–Kier alpha value is -1.26. The first kappa shape index (κ1) is 16.1. The molecule has 0 bridgehead atoms. The maximum Gasteiger partial charge on any atom is 0.234 e. The molecule has 0 aliphatic heterocycles. The first-order chi connectivity index (χ1) is 10.0. The van der Waals surface area contributed by atoms with Crippen LogP contribution < -0.4 is 5.32 Å². The molecule has 1 aromatic heterocycles. The molecule has 2 rings (SSSR count). The lowest BCUT2D eigenvalue weighted by atomic mass is 10.3. The van der Waals surface area contributed by atoms with Gasteiger partial charge in [0.2, 0.25) is 5.91 Å². The lowest BCUT2D eigenvalue weighted by Crippen LogP contribution is -2.15. The Labute approximate surface area is 130 Å². The summed E-state index contributed by atoms with van der Waals surface area (Å²) in [7, 11) is 0. The van der Waals surface area contributed by atoms with Crippen molar-refractivity contribution in [3.05, 3.63) is 29.6 Å². The number of nitrogens with one attached hydrogen (secondary N) is 1. The lowest BCUT2D eigenvalue weighted by Gasteiger charge is -2.06. The Balaban J connectivity index is 1.94. The number of anilines is 1. The third kappa shape index (κ3) is 4.11. The molecule has 4 nitrogen and oxygen atoms in total. The van der Waals surface area contributed by atoms with Crippen LogP contribution in [0.5, 0.6) is 0 Å². The fourth-order valence-electron chi connectivity index (χ4n) is 1.27. The number of amides is 1. The summed E-state index contributed by atoms with van der Waals surface area (Å²) >= 11 is 3.89. The molecule has 1 N–H and O–H groups in total. The van der Waals surface area contributed by atoms with E-state index in [2.05, 4.69) is 15.5 Å². The Kier molecular flexibility index (Phi) is 5.48. The third-order valence-electron chi connectivity index (χ3n) is 2.20. The monoisotopic (exact) mass is 351 g/mol. The molecule has 0 spiro atoms. The van der Waals surface area contributed by atoms with E-state index in [1.165, 1.54) is 23.1 Å². The zero-order valence-corrected chi connectivity index (χ0v) is 13.0. The highest BCUT2D eigenvalue weighted by atomic mass is 32.2. The van der Waals surface area contributed by atoms with Crippen LogP contribution in [-0.2, 0) is 4.79 Å². The van der Waals surface area contributed by atoms with Crippen LogP contribution in [0.1, 0.15) is 0 Å². The summed E-state index contributed by atoms with van der Waals surface area (Å²) in [4.78, 5) is 11.6. The van der Waals surface area contributed by atoms with Crippen molar-refractivity contribution in [2.45, 2.75) is 8.68 Å². The van der Waals surface area contributed by atoms with E-state index < -0.39 is 29.0 Å². The molecule has 0 unspecified atom stereocenters. The van der Waals surface area contributed by atoms with Gasteiger partial charge in [0.15, 0.2) is 26.1 Å². The van der Waals surface area contributed by atoms with Crippen molar-refractivity contribution in [2.24, 2.45) is 0 Å². The van der Waals surface area contributed by atoms with E-state index in [1.54, 1.807) is 0 Å². The summed E-state index contributed by atoms with van der Waals surface area (Å²) in [5.41, 5.74) is -0.401. The standard InChI is InChI=1S/C11H8F3N3OS3/c1-19-10-16-17-11(21-10)20-4-7(18)15-6-3-2-5(12)8(13)9(6)14/h2-3H,4H2,1H3,(H,15,18). The summed E-state index contributed by atoms with van der Waals surface area (Å²) < 4.78 is 40.5. The normalized spacial score (nSPS) is 10.7. The summed E-state index contributed by atoms with van der Waals surface area (Å²) in [6, 6.07) is 1.71. The van der Waals surface area contributed by atoms with Crippen molar-refractivity contribution in [1.82, 2.24) is 10.2 Å². The van der Waals surface area contributed by atoms with Gasteiger partial charge in [0, 0.05) is 0 Å². The second-order valence-electron chi connectivity index (χ2n) is 3.60. The molecular weight excluding hydrogens is 343 g/mol. The van der Waals surface area contributed by atoms with Gasteiger partial charge in [-0.1, -0.05) is 34.9 Å². The number of thioether (sulfide) groups is 2.